The zero-order valence-corrected chi connectivity index (χ0v) is 13.4. The van der Waals surface area contributed by atoms with Crippen molar-refractivity contribution in [2.24, 2.45) is 0 Å². The van der Waals surface area contributed by atoms with Crippen molar-refractivity contribution in [2.75, 3.05) is 11.4 Å². The number of aromatic nitrogens is 1. The van der Waals surface area contributed by atoms with Crippen LogP contribution in [0.15, 0.2) is 30.5 Å². The molecule has 1 heterocycles. The van der Waals surface area contributed by atoms with Crippen molar-refractivity contribution >= 4 is 28.2 Å². The maximum atomic E-state index is 6.07. The molecule has 3 heteroatoms. The summed E-state index contributed by atoms with van der Waals surface area (Å²) in [5.41, 5.74) is 1.12. The van der Waals surface area contributed by atoms with Crippen LogP contribution >= 0.6 is 11.6 Å². The second-order valence-corrected chi connectivity index (χ2v) is 6.13. The average molecular weight is 303 g/mol. The predicted octanol–water partition coefficient (Wildman–Crippen LogP) is 5.13. The number of hydrogen-bond donors (Lipinski definition) is 0. The van der Waals surface area contributed by atoms with Crippen molar-refractivity contribution < 1.29 is 0 Å². The van der Waals surface area contributed by atoms with E-state index in [9.17, 15) is 0 Å². The van der Waals surface area contributed by atoms with E-state index in [1.807, 2.05) is 6.20 Å². The van der Waals surface area contributed by atoms with E-state index in [1.54, 1.807) is 0 Å². The molecule has 2 aromatic rings. The van der Waals surface area contributed by atoms with Gasteiger partial charge in [0.15, 0.2) is 0 Å². The number of hydrogen-bond acceptors (Lipinski definition) is 2. The van der Waals surface area contributed by atoms with Crippen LogP contribution in [0.4, 0.5) is 5.82 Å². The molecule has 3 rings (SSSR count). The summed E-state index contributed by atoms with van der Waals surface area (Å²) in [5.74, 6) is 1.65. The Kier molecular flexibility index (Phi) is 4.64. The largest absolute Gasteiger partial charge is 0.353 e. The van der Waals surface area contributed by atoms with E-state index in [-0.39, 0.29) is 0 Å². The molecule has 0 radical (unpaired) electrons. The Morgan fingerprint density at radius 1 is 1.14 bits per heavy atom. The van der Waals surface area contributed by atoms with Crippen LogP contribution in [0.3, 0.4) is 0 Å². The lowest BCUT2D eigenvalue weighted by atomic mass is 9.93. The topological polar surface area (TPSA) is 16.1 Å². The van der Waals surface area contributed by atoms with Gasteiger partial charge in [0.05, 0.1) is 0 Å². The summed E-state index contributed by atoms with van der Waals surface area (Å²) >= 11 is 6.07. The number of alkyl halides is 1. The van der Waals surface area contributed by atoms with E-state index in [2.05, 4.69) is 36.1 Å². The molecule has 0 bridgehead atoms. The fraction of sp³-hybridized carbons (Fsp3) is 0.500. The SMILES string of the molecule is CCN(c1ncc(CCl)c2ccccc12)C1CCCCC1. The van der Waals surface area contributed by atoms with Gasteiger partial charge in [-0.1, -0.05) is 43.5 Å². The third-order valence-electron chi connectivity index (χ3n) is 4.63. The van der Waals surface area contributed by atoms with Crippen molar-refractivity contribution in [3.63, 3.8) is 0 Å². The summed E-state index contributed by atoms with van der Waals surface area (Å²) in [7, 11) is 0. The number of benzene rings is 1. The smallest absolute Gasteiger partial charge is 0.136 e. The van der Waals surface area contributed by atoms with Gasteiger partial charge in [0.1, 0.15) is 5.82 Å². The summed E-state index contributed by atoms with van der Waals surface area (Å²) in [6.45, 7) is 3.25. The molecular weight excluding hydrogens is 280 g/mol. The lowest BCUT2D eigenvalue weighted by Gasteiger charge is -2.35. The molecule has 1 aromatic heterocycles. The molecule has 0 amide bonds. The van der Waals surface area contributed by atoms with Gasteiger partial charge in [-0.05, 0) is 30.7 Å². The molecule has 1 aliphatic rings. The van der Waals surface area contributed by atoms with Crippen molar-refractivity contribution in [1.29, 1.82) is 0 Å². The molecular formula is C18H23ClN2. The molecule has 0 N–H and O–H groups in total. The van der Waals surface area contributed by atoms with Crippen LogP contribution in [0.2, 0.25) is 0 Å². The highest BCUT2D eigenvalue weighted by Gasteiger charge is 2.22. The van der Waals surface area contributed by atoms with Crippen LogP contribution in [0.1, 0.15) is 44.6 Å². The Balaban J connectivity index is 2.05. The van der Waals surface area contributed by atoms with Gasteiger partial charge >= 0.3 is 0 Å². The van der Waals surface area contributed by atoms with Crippen LogP contribution in [0.5, 0.6) is 0 Å². The van der Waals surface area contributed by atoms with Crippen LogP contribution in [-0.4, -0.2) is 17.6 Å². The van der Waals surface area contributed by atoms with Crippen molar-refractivity contribution in [1.82, 2.24) is 4.98 Å². The lowest BCUT2D eigenvalue weighted by molar-refractivity contribution is 0.417. The molecule has 0 aliphatic heterocycles. The highest BCUT2D eigenvalue weighted by molar-refractivity contribution is 6.18. The number of rotatable bonds is 4. The zero-order valence-electron chi connectivity index (χ0n) is 12.7. The summed E-state index contributed by atoms with van der Waals surface area (Å²) < 4.78 is 0. The first kappa shape index (κ1) is 14.6. The molecule has 0 saturated heterocycles. The molecule has 21 heavy (non-hydrogen) atoms. The van der Waals surface area contributed by atoms with E-state index in [4.69, 9.17) is 16.6 Å². The van der Waals surface area contributed by atoms with Gasteiger partial charge in [-0.2, -0.15) is 0 Å². The van der Waals surface area contributed by atoms with Crippen molar-refractivity contribution in [3.8, 4) is 0 Å². The van der Waals surface area contributed by atoms with E-state index in [0.717, 1.165) is 17.9 Å². The van der Waals surface area contributed by atoms with Crippen molar-refractivity contribution in [3.05, 3.63) is 36.0 Å². The summed E-state index contributed by atoms with van der Waals surface area (Å²) in [6, 6.07) is 9.16. The quantitative estimate of drug-likeness (QED) is 0.728. The molecule has 2 nitrogen and oxygen atoms in total. The molecule has 1 aliphatic carbocycles. The van der Waals surface area contributed by atoms with Gasteiger partial charge in [-0.25, -0.2) is 4.98 Å². The minimum atomic E-state index is 0.517. The highest BCUT2D eigenvalue weighted by Crippen LogP contribution is 2.32. The minimum absolute atomic E-state index is 0.517. The average Bonchev–Trinajstić information content (AvgIpc) is 2.56. The maximum Gasteiger partial charge on any atom is 0.136 e. The second-order valence-electron chi connectivity index (χ2n) is 5.86. The predicted molar refractivity (Wildman–Crippen MR) is 91.2 cm³/mol. The third-order valence-corrected chi connectivity index (χ3v) is 4.92. The number of nitrogens with zero attached hydrogens (tertiary/aromatic N) is 2. The minimum Gasteiger partial charge on any atom is -0.353 e. The third kappa shape index (κ3) is 2.87. The van der Waals surface area contributed by atoms with Crippen LogP contribution < -0.4 is 4.90 Å². The molecule has 1 aromatic carbocycles. The number of pyridine rings is 1. The fourth-order valence-corrected chi connectivity index (χ4v) is 3.76. The molecule has 0 spiro atoms. The maximum absolute atomic E-state index is 6.07. The number of halogens is 1. The fourth-order valence-electron chi connectivity index (χ4n) is 3.55. The Morgan fingerprint density at radius 3 is 2.52 bits per heavy atom. The highest BCUT2D eigenvalue weighted by atomic mass is 35.5. The molecule has 112 valence electrons. The van der Waals surface area contributed by atoms with Crippen LogP contribution in [0, 0.1) is 0 Å². The van der Waals surface area contributed by atoms with Gasteiger partial charge in [0, 0.05) is 30.0 Å². The summed E-state index contributed by atoms with van der Waals surface area (Å²) in [4.78, 5) is 7.27. The van der Waals surface area contributed by atoms with E-state index in [0.29, 0.717) is 11.9 Å². The lowest BCUT2D eigenvalue weighted by Crippen LogP contribution is -2.37. The first-order valence-corrected chi connectivity index (χ1v) is 8.57. The van der Waals surface area contributed by atoms with E-state index >= 15 is 0 Å². The number of fused-ring (bicyclic) bond motifs is 1. The number of anilines is 1. The second kappa shape index (κ2) is 6.65. The normalized spacial score (nSPS) is 16.3. The van der Waals surface area contributed by atoms with Crippen molar-refractivity contribution in [2.45, 2.75) is 50.9 Å². The van der Waals surface area contributed by atoms with Gasteiger partial charge in [-0.15, -0.1) is 11.6 Å². The standard InChI is InChI=1S/C18H23ClN2/c1-2-21(15-8-4-3-5-9-15)18-17-11-7-6-10-16(17)14(12-19)13-20-18/h6-7,10-11,13,15H,2-5,8-9,12H2,1H3. The molecule has 1 fully saturated rings. The Bertz CT molecular complexity index is 605. The van der Waals surface area contributed by atoms with Gasteiger partial charge in [-0.3, -0.25) is 0 Å². The van der Waals surface area contributed by atoms with E-state index < -0.39 is 0 Å². The van der Waals surface area contributed by atoms with E-state index in [1.165, 1.54) is 42.9 Å². The Hall–Kier alpha value is -1.28. The zero-order chi connectivity index (χ0) is 14.7. The van der Waals surface area contributed by atoms with Gasteiger partial charge < -0.3 is 4.90 Å². The van der Waals surface area contributed by atoms with Crippen LogP contribution in [-0.2, 0) is 5.88 Å². The first-order valence-electron chi connectivity index (χ1n) is 8.04. The summed E-state index contributed by atoms with van der Waals surface area (Å²) in [5, 5.41) is 2.48. The first-order chi connectivity index (χ1) is 10.3. The molecule has 0 unspecified atom stereocenters. The Labute approximate surface area is 132 Å². The molecule has 0 atom stereocenters. The van der Waals surface area contributed by atoms with Gasteiger partial charge in [0.25, 0.3) is 0 Å². The Morgan fingerprint density at radius 2 is 1.86 bits per heavy atom. The van der Waals surface area contributed by atoms with Gasteiger partial charge in [0.2, 0.25) is 0 Å². The summed E-state index contributed by atoms with van der Waals surface area (Å²) in [6.07, 6.45) is 8.61. The van der Waals surface area contributed by atoms with Crippen LogP contribution in [0.25, 0.3) is 10.8 Å². The monoisotopic (exact) mass is 302 g/mol. The molecule has 1 saturated carbocycles.